The number of hydrogen-bond acceptors (Lipinski definition) is 1. The van der Waals surface area contributed by atoms with Gasteiger partial charge in [-0.05, 0) is 31.5 Å². The smallest absolute Gasteiger partial charge is 0.191 e. The SMILES string of the molecule is CCNC(=NCc1ccc(Br)cc1Cl)NCC. The topological polar surface area (TPSA) is 36.4 Å². The maximum absolute atomic E-state index is 6.13. The summed E-state index contributed by atoms with van der Waals surface area (Å²) in [5.74, 6) is 0.814. The molecule has 0 unspecified atom stereocenters. The first-order chi connectivity index (χ1) is 8.17. The minimum absolute atomic E-state index is 0.571. The summed E-state index contributed by atoms with van der Waals surface area (Å²) in [5, 5.41) is 7.07. The van der Waals surface area contributed by atoms with E-state index in [4.69, 9.17) is 11.6 Å². The van der Waals surface area contributed by atoms with Gasteiger partial charge in [-0.25, -0.2) is 4.99 Å². The van der Waals surface area contributed by atoms with Gasteiger partial charge >= 0.3 is 0 Å². The molecule has 0 spiro atoms. The third-order valence-electron chi connectivity index (χ3n) is 2.11. The summed E-state index contributed by atoms with van der Waals surface area (Å²) < 4.78 is 0.980. The predicted octanol–water partition coefficient (Wildman–Crippen LogP) is 3.18. The van der Waals surface area contributed by atoms with Crippen LogP contribution in [0.5, 0.6) is 0 Å². The van der Waals surface area contributed by atoms with E-state index in [9.17, 15) is 0 Å². The molecule has 0 radical (unpaired) electrons. The Morgan fingerprint density at radius 2 is 1.94 bits per heavy atom. The fourth-order valence-corrected chi connectivity index (χ4v) is 2.06. The summed E-state index contributed by atoms with van der Waals surface area (Å²) in [5.41, 5.74) is 1.02. The van der Waals surface area contributed by atoms with Crippen molar-refractivity contribution in [2.45, 2.75) is 20.4 Å². The van der Waals surface area contributed by atoms with Crippen molar-refractivity contribution in [1.29, 1.82) is 0 Å². The van der Waals surface area contributed by atoms with Crippen molar-refractivity contribution in [3.63, 3.8) is 0 Å². The molecule has 5 heteroatoms. The molecule has 1 aromatic carbocycles. The highest BCUT2D eigenvalue weighted by molar-refractivity contribution is 9.10. The molecule has 0 fully saturated rings. The number of nitrogens with one attached hydrogen (secondary N) is 2. The number of aliphatic imine (C=N–C) groups is 1. The van der Waals surface area contributed by atoms with Gasteiger partial charge in [0, 0.05) is 22.6 Å². The molecule has 0 aromatic heterocycles. The second-order valence-corrected chi connectivity index (χ2v) is 4.78. The second kappa shape index (κ2) is 7.56. The van der Waals surface area contributed by atoms with Crippen LogP contribution in [0.2, 0.25) is 5.02 Å². The molecule has 0 saturated heterocycles. The van der Waals surface area contributed by atoms with Crippen LogP contribution < -0.4 is 10.6 Å². The lowest BCUT2D eigenvalue weighted by Crippen LogP contribution is -2.36. The summed E-state index contributed by atoms with van der Waals surface area (Å²) in [6, 6.07) is 5.83. The van der Waals surface area contributed by atoms with Crippen LogP contribution in [0.1, 0.15) is 19.4 Å². The van der Waals surface area contributed by atoms with Gasteiger partial charge in [-0.2, -0.15) is 0 Å². The van der Waals surface area contributed by atoms with Crippen molar-refractivity contribution in [3.8, 4) is 0 Å². The number of nitrogens with zero attached hydrogens (tertiary/aromatic N) is 1. The Morgan fingerprint density at radius 1 is 1.29 bits per heavy atom. The summed E-state index contributed by atoms with van der Waals surface area (Å²) >= 11 is 9.51. The number of guanidine groups is 1. The molecule has 0 aliphatic carbocycles. The molecule has 0 atom stereocenters. The fraction of sp³-hybridized carbons (Fsp3) is 0.417. The Labute approximate surface area is 116 Å². The van der Waals surface area contributed by atoms with Crippen LogP contribution in [0.25, 0.3) is 0 Å². The molecule has 1 rings (SSSR count). The van der Waals surface area contributed by atoms with Gasteiger partial charge in [0.1, 0.15) is 0 Å². The molecule has 3 nitrogen and oxygen atoms in total. The van der Waals surface area contributed by atoms with E-state index in [2.05, 4.69) is 31.6 Å². The van der Waals surface area contributed by atoms with E-state index in [-0.39, 0.29) is 0 Å². The van der Waals surface area contributed by atoms with Gasteiger partial charge in [-0.1, -0.05) is 33.6 Å². The molecule has 1 aromatic rings. The van der Waals surface area contributed by atoms with E-state index in [0.717, 1.165) is 34.1 Å². The van der Waals surface area contributed by atoms with Crippen LogP contribution in [0.15, 0.2) is 27.7 Å². The monoisotopic (exact) mass is 317 g/mol. The third-order valence-corrected chi connectivity index (χ3v) is 2.96. The molecule has 0 aliphatic heterocycles. The zero-order valence-electron chi connectivity index (χ0n) is 10.1. The van der Waals surface area contributed by atoms with Crippen molar-refractivity contribution in [3.05, 3.63) is 33.3 Å². The van der Waals surface area contributed by atoms with Gasteiger partial charge in [0.05, 0.1) is 6.54 Å². The number of benzene rings is 1. The normalized spacial score (nSPS) is 9.88. The molecule has 0 saturated carbocycles. The Morgan fingerprint density at radius 3 is 2.47 bits per heavy atom. The summed E-state index contributed by atoms with van der Waals surface area (Å²) in [6.07, 6.45) is 0. The Bertz CT molecular complexity index is 385. The van der Waals surface area contributed by atoms with Crippen LogP contribution in [-0.4, -0.2) is 19.0 Å². The molecule has 0 bridgehead atoms. The largest absolute Gasteiger partial charge is 0.357 e. The molecule has 0 amide bonds. The molecule has 17 heavy (non-hydrogen) atoms. The molecule has 94 valence electrons. The molecule has 2 N–H and O–H groups in total. The van der Waals surface area contributed by atoms with Crippen LogP contribution in [0, 0.1) is 0 Å². The highest BCUT2D eigenvalue weighted by Crippen LogP contribution is 2.21. The first kappa shape index (κ1) is 14.3. The van der Waals surface area contributed by atoms with E-state index < -0.39 is 0 Å². The van der Waals surface area contributed by atoms with Crippen LogP contribution in [0.4, 0.5) is 0 Å². The lowest BCUT2D eigenvalue weighted by Gasteiger charge is -2.09. The Hall–Kier alpha value is -0.740. The molecular formula is C12H17BrClN3. The van der Waals surface area contributed by atoms with E-state index in [1.807, 2.05) is 32.0 Å². The lowest BCUT2D eigenvalue weighted by atomic mass is 10.2. The van der Waals surface area contributed by atoms with Gasteiger partial charge in [0.2, 0.25) is 0 Å². The maximum Gasteiger partial charge on any atom is 0.191 e. The van der Waals surface area contributed by atoms with E-state index in [0.29, 0.717) is 6.54 Å². The Balaban J connectivity index is 2.71. The standard InChI is InChI=1S/C12H17BrClN3/c1-3-15-12(16-4-2)17-8-9-5-6-10(13)7-11(9)14/h5-7H,3-4,8H2,1-2H3,(H2,15,16,17). The predicted molar refractivity (Wildman–Crippen MR) is 77.6 cm³/mol. The van der Waals surface area contributed by atoms with Crippen molar-refractivity contribution in [1.82, 2.24) is 10.6 Å². The van der Waals surface area contributed by atoms with E-state index >= 15 is 0 Å². The average Bonchev–Trinajstić information content (AvgIpc) is 2.28. The minimum atomic E-state index is 0.571. The second-order valence-electron chi connectivity index (χ2n) is 3.46. The van der Waals surface area contributed by atoms with Gasteiger partial charge in [-0.15, -0.1) is 0 Å². The number of rotatable bonds is 4. The molecule has 0 heterocycles. The minimum Gasteiger partial charge on any atom is -0.357 e. The average molecular weight is 319 g/mol. The van der Waals surface area contributed by atoms with Crippen molar-refractivity contribution >= 4 is 33.5 Å². The van der Waals surface area contributed by atoms with Gasteiger partial charge in [0.15, 0.2) is 5.96 Å². The number of halogens is 2. The lowest BCUT2D eigenvalue weighted by molar-refractivity contribution is 0.839. The highest BCUT2D eigenvalue weighted by atomic mass is 79.9. The van der Waals surface area contributed by atoms with E-state index in [1.54, 1.807) is 0 Å². The highest BCUT2D eigenvalue weighted by Gasteiger charge is 2.01. The van der Waals surface area contributed by atoms with Crippen LogP contribution in [0.3, 0.4) is 0 Å². The quantitative estimate of drug-likeness (QED) is 0.661. The first-order valence-corrected chi connectivity index (χ1v) is 6.80. The molecule has 0 aliphatic rings. The fourth-order valence-electron chi connectivity index (χ4n) is 1.32. The first-order valence-electron chi connectivity index (χ1n) is 5.63. The van der Waals surface area contributed by atoms with Gasteiger partial charge < -0.3 is 10.6 Å². The summed E-state index contributed by atoms with van der Waals surface area (Å²) in [6.45, 7) is 6.35. The third kappa shape index (κ3) is 4.96. The van der Waals surface area contributed by atoms with Crippen molar-refractivity contribution in [2.75, 3.05) is 13.1 Å². The van der Waals surface area contributed by atoms with Gasteiger partial charge in [-0.3, -0.25) is 0 Å². The zero-order valence-corrected chi connectivity index (χ0v) is 12.4. The van der Waals surface area contributed by atoms with Crippen molar-refractivity contribution in [2.24, 2.45) is 4.99 Å². The van der Waals surface area contributed by atoms with Crippen LogP contribution in [-0.2, 0) is 6.54 Å². The summed E-state index contributed by atoms with van der Waals surface area (Å²) in [7, 11) is 0. The number of hydrogen-bond donors (Lipinski definition) is 2. The molecular weight excluding hydrogens is 302 g/mol. The van der Waals surface area contributed by atoms with E-state index in [1.165, 1.54) is 0 Å². The van der Waals surface area contributed by atoms with Gasteiger partial charge in [0.25, 0.3) is 0 Å². The van der Waals surface area contributed by atoms with Crippen LogP contribution >= 0.6 is 27.5 Å². The maximum atomic E-state index is 6.13. The summed E-state index contributed by atoms with van der Waals surface area (Å²) in [4.78, 5) is 4.46. The Kier molecular flexibility index (Phi) is 6.37. The van der Waals surface area contributed by atoms with Crippen molar-refractivity contribution < 1.29 is 0 Å². The zero-order chi connectivity index (χ0) is 12.7.